The van der Waals surface area contributed by atoms with Crippen LogP contribution in [0.15, 0.2) is 72.0 Å². The lowest BCUT2D eigenvalue weighted by Gasteiger charge is -2.10. The number of carbonyl (C=O) groups excluding carboxylic acids is 1. The number of H-pyrrole nitrogens is 1. The van der Waals surface area contributed by atoms with Gasteiger partial charge in [-0.25, -0.2) is 4.98 Å². The molecule has 1 aromatic heterocycles. The summed E-state index contributed by atoms with van der Waals surface area (Å²) in [7, 11) is 0. The summed E-state index contributed by atoms with van der Waals surface area (Å²) < 4.78 is 0. The van der Waals surface area contributed by atoms with E-state index >= 15 is 0 Å². The molecule has 1 amide bonds. The van der Waals surface area contributed by atoms with Crippen LogP contribution in [0.4, 0.5) is 5.95 Å². The Hall–Kier alpha value is -3.41. The first kappa shape index (κ1) is 15.1. The van der Waals surface area contributed by atoms with Gasteiger partial charge in [0.25, 0.3) is 0 Å². The molecule has 6 heteroatoms. The number of benzene rings is 2. The standard InChI is InChI=1S/C19H16N4O2/c24-18(15-12-25-23-17(15)14-9-5-2-6-10-14)22-19-20-11-16(21-19)13-7-3-1-4-8-13/h1-11,15H,12H2,(H2,20,21,22,24)/t15-/m1/s1. The van der Waals surface area contributed by atoms with E-state index in [1.54, 1.807) is 6.20 Å². The summed E-state index contributed by atoms with van der Waals surface area (Å²) in [4.78, 5) is 25.1. The van der Waals surface area contributed by atoms with Crippen LogP contribution in [0.25, 0.3) is 11.3 Å². The normalized spacial score (nSPS) is 16.2. The molecule has 25 heavy (non-hydrogen) atoms. The summed E-state index contributed by atoms with van der Waals surface area (Å²) in [6, 6.07) is 19.4. The maximum Gasteiger partial charge on any atom is 0.239 e. The van der Waals surface area contributed by atoms with E-state index in [4.69, 9.17) is 4.84 Å². The zero-order valence-corrected chi connectivity index (χ0v) is 13.3. The average Bonchev–Trinajstić information content (AvgIpc) is 3.33. The second kappa shape index (κ2) is 6.60. The monoisotopic (exact) mass is 332 g/mol. The molecule has 1 aliphatic rings. The van der Waals surface area contributed by atoms with Crippen molar-refractivity contribution >= 4 is 17.6 Å². The van der Waals surface area contributed by atoms with Crippen LogP contribution < -0.4 is 5.32 Å². The molecule has 0 saturated heterocycles. The van der Waals surface area contributed by atoms with Crippen molar-refractivity contribution in [3.8, 4) is 11.3 Å². The molecular weight excluding hydrogens is 316 g/mol. The van der Waals surface area contributed by atoms with Crippen LogP contribution in [0, 0.1) is 5.92 Å². The molecule has 2 aromatic carbocycles. The van der Waals surface area contributed by atoms with Crippen LogP contribution in [-0.2, 0) is 9.63 Å². The number of nitrogens with zero attached hydrogens (tertiary/aromatic N) is 2. The van der Waals surface area contributed by atoms with Gasteiger partial charge >= 0.3 is 0 Å². The highest BCUT2D eigenvalue weighted by Gasteiger charge is 2.31. The third-order valence-electron chi connectivity index (χ3n) is 4.02. The molecule has 2 N–H and O–H groups in total. The molecule has 0 bridgehead atoms. The maximum absolute atomic E-state index is 12.6. The van der Waals surface area contributed by atoms with Crippen molar-refractivity contribution < 1.29 is 9.63 Å². The molecule has 1 aliphatic heterocycles. The van der Waals surface area contributed by atoms with Crippen molar-refractivity contribution in [1.29, 1.82) is 0 Å². The first-order valence-corrected chi connectivity index (χ1v) is 7.98. The van der Waals surface area contributed by atoms with E-state index in [0.717, 1.165) is 16.8 Å². The number of hydrogen-bond donors (Lipinski definition) is 2. The van der Waals surface area contributed by atoms with Gasteiger partial charge in [0.2, 0.25) is 11.9 Å². The number of nitrogens with one attached hydrogen (secondary N) is 2. The van der Waals surface area contributed by atoms with Gasteiger partial charge in [0.15, 0.2) is 0 Å². The van der Waals surface area contributed by atoms with Crippen LogP contribution in [0.1, 0.15) is 5.56 Å². The van der Waals surface area contributed by atoms with Gasteiger partial charge in [-0.3, -0.25) is 10.1 Å². The molecule has 0 fully saturated rings. The van der Waals surface area contributed by atoms with Gasteiger partial charge in [-0.2, -0.15) is 0 Å². The molecule has 0 radical (unpaired) electrons. The van der Waals surface area contributed by atoms with Gasteiger partial charge in [-0.05, 0) is 5.56 Å². The SMILES string of the molecule is O=C(Nc1ncc(-c2ccccc2)[nH]1)[C@@H]1CON=C1c1ccccc1. The number of rotatable bonds is 4. The van der Waals surface area contributed by atoms with Crippen molar-refractivity contribution in [2.24, 2.45) is 11.1 Å². The van der Waals surface area contributed by atoms with Crippen molar-refractivity contribution in [3.63, 3.8) is 0 Å². The lowest BCUT2D eigenvalue weighted by atomic mass is 9.97. The van der Waals surface area contributed by atoms with Gasteiger partial charge in [0.1, 0.15) is 18.2 Å². The lowest BCUT2D eigenvalue weighted by Crippen LogP contribution is -2.30. The number of anilines is 1. The van der Waals surface area contributed by atoms with Crippen molar-refractivity contribution in [2.45, 2.75) is 0 Å². The largest absolute Gasteiger partial charge is 0.394 e. The Morgan fingerprint density at radius 3 is 2.44 bits per heavy atom. The molecule has 0 spiro atoms. The smallest absolute Gasteiger partial charge is 0.239 e. The fraction of sp³-hybridized carbons (Fsp3) is 0.105. The predicted molar refractivity (Wildman–Crippen MR) is 95.1 cm³/mol. The highest BCUT2D eigenvalue weighted by atomic mass is 16.6. The Bertz CT molecular complexity index is 903. The summed E-state index contributed by atoms with van der Waals surface area (Å²) in [5.74, 6) is -0.259. The molecule has 3 aromatic rings. The summed E-state index contributed by atoms with van der Waals surface area (Å²) in [5, 5.41) is 6.84. The third-order valence-corrected chi connectivity index (χ3v) is 4.02. The quantitative estimate of drug-likeness (QED) is 0.770. The molecule has 2 heterocycles. The molecular formula is C19H16N4O2. The predicted octanol–water partition coefficient (Wildman–Crippen LogP) is 3.07. The highest BCUT2D eigenvalue weighted by Crippen LogP contribution is 2.21. The van der Waals surface area contributed by atoms with Crippen molar-refractivity contribution in [2.75, 3.05) is 11.9 Å². The van der Waals surface area contributed by atoms with E-state index in [1.165, 1.54) is 0 Å². The van der Waals surface area contributed by atoms with Crippen LogP contribution in [0.3, 0.4) is 0 Å². The summed E-state index contributed by atoms with van der Waals surface area (Å²) in [6.07, 6.45) is 1.70. The molecule has 1 atom stereocenters. The number of oxime groups is 1. The fourth-order valence-electron chi connectivity index (χ4n) is 2.74. The molecule has 6 nitrogen and oxygen atoms in total. The number of hydrogen-bond acceptors (Lipinski definition) is 4. The second-order valence-corrected chi connectivity index (χ2v) is 5.69. The Labute approximate surface area is 144 Å². The van der Waals surface area contributed by atoms with Crippen molar-refractivity contribution in [1.82, 2.24) is 9.97 Å². The first-order chi connectivity index (χ1) is 12.3. The molecule has 124 valence electrons. The Morgan fingerprint density at radius 2 is 1.72 bits per heavy atom. The topological polar surface area (TPSA) is 79.4 Å². The van der Waals surface area contributed by atoms with Crippen LogP contribution in [0.2, 0.25) is 0 Å². The van der Waals surface area contributed by atoms with Crippen LogP contribution >= 0.6 is 0 Å². The van der Waals surface area contributed by atoms with Crippen LogP contribution in [0.5, 0.6) is 0 Å². The van der Waals surface area contributed by atoms with Gasteiger partial charge in [-0.15, -0.1) is 0 Å². The minimum atomic E-state index is -0.465. The Morgan fingerprint density at radius 1 is 1.04 bits per heavy atom. The first-order valence-electron chi connectivity index (χ1n) is 7.98. The highest BCUT2D eigenvalue weighted by molar-refractivity contribution is 6.16. The van der Waals surface area contributed by atoms with E-state index in [2.05, 4.69) is 20.4 Å². The Kier molecular flexibility index (Phi) is 4.00. The zero-order valence-electron chi connectivity index (χ0n) is 13.3. The number of carbonyl (C=O) groups is 1. The zero-order chi connectivity index (χ0) is 17.1. The minimum absolute atomic E-state index is 0.200. The molecule has 0 unspecified atom stereocenters. The minimum Gasteiger partial charge on any atom is -0.394 e. The summed E-state index contributed by atoms with van der Waals surface area (Å²) >= 11 is 0. The Balaban J connectivity index is 1.49. The number of amides is 1. The molecule has 4 rings (SSSR count). The van der Waals surface area contributed by atoms with Crippen LogP contribution in [-0.4, -0.2) is 28.2 Å². The van der Waals surface area contributed by atoms with E-state index in [1.807, 2.05) is 60.7 Å². The summed E-state index contributed by atoms with van der Waals surface area (Å²) in [6.45, 7) is 0.225. The van der Waals surface area contributed by atoms with Crippen molar-refractivity contribution in [3.05, 3.63) is 72.4 Å². The van der Waals surface area contributed by atoms with E-state index in [0.29, 0.717) is 11.7 Å². The van der Waals surface area contributed by atoms with Gasteiger partial charge in [0, 0.05) is 5.56 Å². The van der Waals surface area contributed by atoms with Gasteiger partial charge in [0.05, 0.1) is 11.9 Å². The van der Waals surface area contributed by atoms with Gasteiger partial charge in [-0.1, -0.05) is 65.8 Å². The average molecular weight is 332 g/mol. The maximum atomic E-state index is 12.6. The second-order valence-electron chi connectivity index (χ2n) is 5.69. The molecule has 0 saturated carbocycles. The number of aromatic amines is 1. The third kappa shape index (κ3) is 3.14. The molecule has 0 aliphatic carbocycles. The van der Waals surface area contributed by atoms with Gasteiger partial charge < -0.3 is 9.82 Å². The van der Waals surface area contributed by atoms with E-state index in [9.17, 15) is 4.79 Å². The fourth-order valence-corrected chi connectivity index (χ4v) is 2.74. The van der Waals surface area contributed by atoms with E-state index < -0.39 is 5.92 Å². The number of imidazole rings is 1. The summed E-state index contributed by atoms with van der Waals surface area (Å²) in [5.41, 5.74) is 3.36. The lowest BCUT2D eigenvalue weighted by molar-refractivity contribution is -0.118. The number of aromatic nitrogens is 2. The van der Waals surface area contributed by atoms with E-state index in [-0.39, 0.29) is 12.5 Å².